The molecular formula is C24H32. The van der Waals surface area contributed by atoms with Gasteiger partial charge in [0.25, 0.3) is 0 Å². The second-order valence-electron chi connectivity index (χ2n) is 7.03. The van der Waals surface area contributed by atoms with Crippen LogP contribution in [0.15, 0.2) is 67.3 Å². The largest absolute Gasteiger partial charge is 0.0985 e. The summed E-state index contributed by atoms with van der Waals surface area (Å²) in [7, 11) is 0. The van der Waals surface area contributed by atoms with Crippen LogP contribution in [0.3, 0.4) is 0 Å². The van der Waals surface area contributed by atoms with E-state index in [4.69, 9.17) is 0 Å². The molecule has 0 aliphatic carbocycles. The van der Waals surface area contributed by atoms with E-state index >= 15 is 0 Å². The quantitative estimate of drug-likeness (QED) is 0.500. The first kappa shape index (κ1) is 20.0. The third kappa shape index (κ3) is 7.97. The first-order valence-corrected chi connectivity index (χ1v) is 8.92. The van der Waals surface area contributed by atoms with Gasteiger partial charge in [-0.05, 0) is 28.5 Å². The molecule has 0 heteroatoms. The number of benzene rings is 2. The van der Waals surface area contributed by atoms with Gasteiger partial charge in [-0.25, -0.2) is 0 Å². The Morgan fingerprint density at radius 1 is 0.875 bits per heavy atom. The van der Waals surface area contributed by atoms with Crippen molar-refractivity contribution >= 4 is 12.2 Å². The summed E-state index contributed by atoms with van der Waals surface area (Å²) in [6.45, 7) is 12.6. The maximum absolute atomic E-state index is 3.72. The van der Waals surface area contributed by atoms with Gasteiger partial charge in [-0.1, -0.05) is 120 Å². The summed E-state index contributed by atoms with van der Waals surface area (Å²) < 4.78 is 0. The average molecular weight is 321 g/mol. The van der Waals surface area contributed by atoms with E-state index in [1.807, 2.05) is 12.1 Å². The fraction of sp³-hybridized carbons (Fsp3) is 0.333. The number of hydrogen-bond donors (Lipinski definition) is 0. The van der Waals surface area contributed by atoms with Crippen LogP contribution in [-0.2, 0) is 5.41 Å². The third-order valence-electron chi connectivity index (χ3n) is 3.85. The summed E-state index contributed by atoms with van der Waals surface area (Å²) >= 11 is 0. The van der Waals surface area contributed by atoms with E-state index in [1.165, 1.54) is 36.0 Å². The second-order valence-corrected chi connectivity index (χ2v) is 7.03. The SMILES string of the molecule is C=Cc1ccc(C(C)(C)C)cc1.CCCCC=Cc1ccccc1. The lowest BCUT2D eigenvalue weighted by Crippen LogP contribution is -2.10. The van der Waals surface area contributed by atoms with Crippen LogP contribution >= 0.6 is 0 Å². The molecule has 0 aromatic heterocycles. The molecule has 0 saturated carbocycles. The van der Waals surface area contributed by atoms with Crippen molar-refractivity contribution in [2.45, 2.75) is 52.4 Å². The molecule has 0 nitrogen and oxygen atoms in total. The summed E-state index contributed by atoms with van der Waals surface area (Å²) in [6.07, 6.45) is 10.1. The highest BCUT2D eigenvalue weighted by Crippen LogP contribution is 2.22. The fourth-order valence-corrected chi connectivity index (χ4v) is 2.22. The Morgan fingerprint density at radius 3 is 2.00 bits per heavy atom. The molecule has 128 valence electrons. The molecule has 24 heavy (non-hydrogen) atoms. The van der Waals surface area contributed by atoms with Crippen LogP contribution in [0.25, 0.3) is 12.2 Å². The molecule has 0 saturated heterocycles. The molecule has 0 unspecified atom stereocenters. The van der Waals surface area contributed by atoms with Crippen molar-refractivity contribution in [1.82, 2.24) is 0 Å². The summed E-state index contributed by atoms with van der Waals surface area (Å²) in [5.74, 6) is 0. The van der Waals surface area contributed by atoms with Crippen LogP contribution < -0.4 is 0 Å². The van der Waals surface area contributed by atoms with Crippen LogP contribution in [0, 0.1) is 0 Å². The van der Waals surface area contributed by atoms with Crippen molar-refractivity contribution in [2.75, 3.05) is 0 Å². The third-order valence-corrected chi connectivity index (χ3v) is 3.85. The van der Waals surface area contributed by atoms with E-state index in [2.05, 4.69) is 95.0 Å². The van der Waals surface area contributed by atoms with Crippen LogP contribution in [0.2, 0.25) is 0 Å². The Balaban J connectivity index is 0.000000240. The van der Waals surface area contributed by atoms with Gasteiger partial charge in [0.15, 0.2) is 0 Å². The topological polar surface area (TPSA) is 0 Å². The zero-order valence-corrected chi connectivity index (χ0v) is 15.8. The highest BCUT2D eigenvalue weighted by Gasteiger charge is 2.12. The van der Waals surface area contributed by atoms with Crippen LogP contribution in [-0.4, -0.2) is 0 Å². The van der Waals surface area contributed by atoms with Gasteiger partial charge in [0.05, 0.1) is 0 Å². The minimum Gasteiger partial charge on any atom is -0.0985 e. The lowest BCUT2D eigenvalue weighted by Gasteiger charge is -2.18. The van der Waals surface area contributed by atoms with Crippen LogP contribution in [0.4, 0.5) is 0 Å². The molecule has 0 atom stereocenters. The van der Waals surface area contributed by atoms with Crippen LogP contribution in [0.1, 0.15) is 63.6 Å². The maximum Gasteiger partial charge on any atom is -0.0132 e. The smallest absolute Gasteiger partial charge is 0.0132 e. The molecule has 0 aliphatic rings. The van der Waals surface area contributed by atoms with Gasteiger partial charge in [-0.2, -0.15) is 0 Å². The second kappa shape index (κ2) is 10.6. The predicted octanol–water partition coefficient (Wildman–Crippen LogP) is 7.52. The predicted molar refractivity (Wildman–Crippen MR) is 110 cm³/mol. The van der Waals surface area contributed by atoms with E-state index in [1.54, 1.807) is 0 Å². The highest BCUT2D eigenvalue weighted by atomic mass is 14.2. The van der Waals surface area contributed by atoms with Gasteiger partial charge in [-0.15, -0.1) is 0 Å². The van der Waals surface area contributed by atoms with Crippen molar-refractivity contribution < 1.29 is 0 Å². The van der Waals surface area contributed by atoms with E-state index in [0.29, 0.717) is 0 Å². The maximum atomic E-state index is 3.72. The molecule has 0 bridgehead atoms. The Bertz CT molecular complexity index is 595. The van der Waals surface area contributed by atoms with E-state index in [9.17, 15) is 0 Å². The van der Waals surface area contributed by atoms with E-state index in [-0.39, 0.29) is 5.41 Å². The highest BCUT2D eigenvalue weighted by molar-refractivity contribution is 5.48. The molecule has 0 radical (unpaired) electrons. The molecule has 0 heterocycles. The van der Waals surface area contributed by atoms with Crippen molar-refractivity contribution in [3.05, 3.63) is 83.9 Å². The zero-order valence-electron chi connectivity index (χ0n) is 15.8. The molecule has 2 aromatic carbocycles. The minimum atomic E-state index is 0.250. The first-order valence-electron chi connectivity index (χ1n) is 8.92. The molecule has 0 amide bonds. The van der Waals surface area contributed by atoms with Gasteiger partial charge >= 0.3 is 0 Å². The lowest BCUT2D eigenvalue weighted by molar-refractivity contribution is 0.590. The minimum absolute atomic E-state index is 0.250. The van der Waals surface area contributed by atoms with Gasteiger partial charge in [-0.3, -0.25) is 0 Å². The standard InChI is InChI=1S/2C12H16/c1-5-10-6-8-11(9-7-10)12(2,3)4;1-2-3-4-6-9-12-10-7-5-8-11-12/h5-9H,1H2,2-4H3;5-11H,2-4H2,1H3. The van der Waals surface area contributed by atoms with Gasteiger partial charge in [0.1, 0.15) is 0 Å². The van der Waals surface area contributed by atoms with Gasteiger partial charge < -0.3 is 0 Å². The molecule has 2 aromatic rings. The van der Waals surface area contributed by atoms with Crippen LogP contribution in [0.5, 0.6) is 0 Å². The summed E-state index contributed by atoms with van der Waals surface area (Å²) in [5.41, 5.74) is 4.10. The molecule has 0 spiro atoms. The Morgan fingerprint density at radius 2 is 1.50 bits per heavy atom. The Kier molecular flexibility index (Phi) is 8.86. The lowest BCUT2D eigenvalue weighted by atomic mass is 9.87. The molecule has 0 N–H and O–H groups in total. The molecule has 0 aliphatic heterocycles. The zero-order chi connectivity index (χ0) is 17.8. The number of rotatable bonds is 5. The Hall–Kier alpha value is -2.08. The monoisotopic (exact) mass is 320 g/mol. The van der Waals surface area contributed by atoms with Crippen molar-refractivity contribution in [3.8, 4) is 0 Å². The van der Waals surface area contributed by atoms with Crippen molar-refractivity contribution in [1.29, 1.82) is 0 Å². The summed E-state index contributed by atoms with van der Waals surface area (Å²) in [6, 6.07) is 19.0. The molecular weight excluding hydrogens is 288 g/mol. The van der Waals surface area contributed by atoms with E-state index < -0.39 is 0 Å². The first-order chi connectivity index (χ1) is 11.5. The van der Waals surface area contributed by atoms with E-state index in [0.717, 1.165) is 0 Å². The number of allylic oxidation sites excluding steroid dienone is 1. The Labute approximate surface area is 148 Å². The van der Waals surface area contributed by atoms with Crippen molar-refractivity contribution in [2.24, 2.45) is 0 Å². The average Bonchev–Trinajstić information content (AvgIpc) is 2.59. The fourth-order valence-electron chi connectivity index (χ4n) is 2.22. The molecule has 2 rings (SSSR count). The van der Waals surface area contributed by atoms with Gasteiger partial charge in [0, 0.05) is 0 Å². The number of unbranched alkanes of at least 4 members (excludes halogenated alkanes) is 2. The van der Waals surface area contributed by atoms with Crippen molar-refractivity contribution in [3.63, 3.8) is 0 Å². The molecule has 0 fully saturated rings. The normalized spacial score (nSPS) is 11.0. The number of hydrogen-bond acceptors (Lipinski definition) is 0. The summed E-state index contributed by atoms with van der Waals surface area (Å²) in [5, 5.41) is 0. The van der Waals surface area contributed by atoms with Gasteiger partial charge in [0.2, 0.25) is 0 Å². The summed E-state index contributed by atoms with van der Waals surface area (Å²) in [4.78, 5) is 0.